The summed E-state index contributed by atoms with van der Waals surface area (Å²) in [5, 5.41) is 9.87. The minimum absolute atomic E-state index is 0.271. The van der Waals surface area contributed by atoms with Crippen LogP contribution in [-0.4, -0.2) is 32.1 Å². The van der Waals surface area contributed by atoms with Crippen LogP contribution in [0.5, 0.6) is 0 Å². The van der Waals surface area contributed by atoms with Crippen molar-refractivity contribution in [1.29, 1.82) is 0 Å². The second-order valence-corrected chi connectivity index (χ2v) is 6.89. The molecule has 6 nitrogen and oxygen atoms in total. The minimum Gasteiger partial charge on any atom is -0.461 e. The molecule has 2 heterocycles. The van der Waals surface area contributed by atoms with Gasteiger partial charge in [-0.05, 0) is 47.1 Å². The minimum atomic E-state index is -0.439. The lowest BCUT2D eigenvalue weighted by molar-refractivity contribution is 0.0519. The van der Waals surface area contributed by atoms with E-state index in [1.165, 1.54) is 0 Å². The van der Waals surface area contributed by atoms with Crippen molar-refractivity contribution in [2.24, 2.45) is 7.05 Å². The smallest absolute Gasteiger partial charge is 0.358 e. The first-order valence-electron chi connectivity index (χ1n) is 8.52. The number of nitrogens with zero attached hydrogens (tertiary/aromatic N) is 4. The van der Waals surface area contributed by atoms with Gasteiger partial charge in [-0.25, -0.2) is 9.48 Å². The molecular formula is C20H17BrN4O2. The largest absolute Gasteiger partial charge is 0.461 e. The van der Waals surface area contributed by atoms with Gasteiger partial charge >= 0.3 is 5.97 Å². The molecule has 4 aromatic rings. The van der Waals surface area contributed by atoms with E-state index in [0.29, 0.717) is 6.61 Å². The van der Waals surface area contributed by atoms with Crippen molar-refractivity contribution in [3.05, 3.63) is 64.9 Å². The number of carbonyl (C=O) groups is 1. The first kappa shape index (κ1) is 17.5. The number of aromatic nitrogens is 4. The van der Waals surface area contributed by atoms with Gasteiger partial charge in [0.05, 0.1) is 29.7 Å². The normalized spacial score (nSPS) is 11.1. The van der Waals surface area contributed by atoms with E-state index in [1.807, 2.05) is 60.4 Å². The molecule has 7 heteroatoms. The Morgan fingerprint density at radius 1 is 1.19 bits per heavy atom. The molecule has 0 atom stereocenters. The molecule has 0 unspecified atom stereocenters. The number of aryl methyl sites for hydroxylation is 1. The van der Waals surface area contributed by atoms with E-state index < -0.39 is 5.97 Å². The summed E-state index contributed by atoms with van der Waals surface area (Å²) in [5.41, 5.74) is 3.85. The van der Waals surface area contributed by atoms with Gasteiger partial charge in [-0.1, -0.05) is 24.3 Å². The molecule has 0 amide bonds. The molecule has 0 N–H and O–H groups in total. The molecule has 4 rings (SSSR count). The monoisotopic (exact) mass is 424 g/mol. The third-order valence-electron chi connectivity index (χ3n) is 4.32. The Hall–Kier alpha value is -2.93. The maximum Gasteiger partial charge on any atom is 0.358 e. The summed E-state index contributed by atoms with van der Waals surface area (Å²) in [7, 11) is 1.90. The van der Waals surface area contributed by atoms with Crippen molar-refractivity contribution < 1.29 is 9.53 Å². The number of carbonyl (C=O) groups excluding carboxylic acids is 1. The zero-order chi connectivity index (χ0) is 19.0. The molecule has 0 aliphatic carbocycles. The molecule has 0 aliphatic heterocycles. The average Bonchev–Trinajstić information content (AvgIpc) is 3.27. The van der Waals surface area contributed by atoms with Crippen molar-refractivity contribution in [3.8, 4) is 16.9 Å². The van der Waals surface area contributed by atoms with Gasteiger partial charge in [-0.15, -0.1) is 0 Å². The summed E-state index contributed by atoms with van der Waals surface area (Å²) in [6.07, 6.45) is 1.83. The van der Waals surface area contributed by atoms with Gasteiger partial charge < -0.3 is 4.74 Å². The molecule has 136 valence electrons. The van der Waals surface area contributed by atoms with Crippen LogP contribution < -0.4 is 0 Å². The summed E-state index contributed by atoms with van der Waals surface area (Å²) in [4.78, 5) is 12.3. The van der Waals surface area contributed by atoms with Crippen LogP contribution >= 0.6 is 15.9 Å². The molecule has 0 radical (unpaired) electrons. The second-order valence-electron chi connectivity index (χ2n) is 6.04. The van der Waals surface area contributed by atoms with Crippen molar-refractivity contribution in [1.82, 2.24) is 19.6 Å². The van der Waals surface area contributed by atoms with E-state index >= 15 is 0 Å². The molecule has 27 heavy (non-hydrogen) atoms. The highest BCUT2D eigenvalue weighted by atomic mass is 79.9. The van der Waals surface area contributed by atoms with E-state index in [1.54, 1.807) is 17.7 Å². The van der Waals surface area contributed by atoms with Crippen LogP contribution in [0.3, 0.4) is 0 Å². The zero-order valence-corrected chi connectivity index (χ0v) is 16.5. The Bertz CT molecular complexity index is 1150. The molecule has 2 aromatic carbocycles. The van der Waals surface area contributed by atoms with E-state index in [9.17, 15) is 4.79 Å². The second kappa shape index (κ2) is 7.00. The van der Waals surface area contributed by atoms with Gasteiger partial charge in [0.2, 0.25) is 0 Å². The van der Waals surface area contributed by atoms with Gasteiger partial charge in [0.25, 0.3) is 0 Å². The maximum absolute atomic E-state index is 12.3. The number of halogens is 1. The molecule has 0 bridgehead atoms. The zero-order valence-electron chi connectivity index (χ0n) is 14.9. The Kier molecular flexibility index (Phi) is 4.53. The van der Waals surface area contributed by atoms with E-state index in [0.717, 1.165) is 32.3 Å². The highest BCUT2D eigenvalue weighted by Gasteiger charge is 2.19. The fraction of sp³-hybridized carbons (Fsp3) is 0.150. The molecule has 2 aromatic heterocycles. The van der Waals surface area contributed by atoms with Crippen molar-refractivity contribution in [3.63, 3.8) is 0 Å². The summed E-state index contributed by atoms with van der Waals surface area (Å²) in [6, 6.07) is 15.6. The Morgan fingerprint density at radius 2 is 2.00 bits per heavy atom. The summed E-state index contributed by atoms with van der Waals surface area (Å²) in [6.45, 7) is 2.08. The molecule has 0 saturated carbocycles. The van der Waals surface area contributed by atoms with Gasteiger partial charge in [0.15, 0.2) is 5.69 Å². The van der Waals surface area contributed by atoms with Gasteiger partial charge in [0, 0.05) is 22.5 Å². The predicted octanol–water partition coefficient (Wildman–Crippen LogP) is 4.37. The average molecular weight is 425 g/mol. The van der Waals surface area contributed by atoms with Crippen molar-refractivity contribution >= 4 is 32.8 Å². The Morgan fingerprint density at radius 3 is 2.78 bits per heavy atom. The quantitative estimate of drug-likeness (QED) is 0.456. The first-order chi connectivity index (χ1) is 13.1. The highest BCUT2D eigenvalue weighted by molar-refractivity contribution is 9.10. The molecule has 0 spiro atoms. The van der Waals surface area contributed by atoms with Crippen molar-refractivity contribution in [2.75, 3.05) is 6.61 Å². The van der Waals surface area contributed by atoms with Gasteiger partial charge in [0.1, 0.15) is 0 Å². The number of ether oxygens (including phenoxy) is 1. The number of benzene rings is 2. The van der Waals surface area contributed by atoms with Crippen LogP contribution in [0.2, 0.25) is 0 Å². The van der Waals surface area contributed by atoms with Crippen LogP contribution in [-0.2, 0) is 11.8 Å². The lowest BCUT2D eigenvalue weighted by Gasteiger charge is -2.10. The van der Waals surface area contributed by atoms with E-state index in [2.05, 4.69) is 26.1 Å². The van der Waals surface area contributed by atoms with E-state index in [-0.39, 0.29) is 5.69 Å². The van der Waals surface area contributed by atoms with Crippen molar-refractivity contribution in [2.45, 2.75) is 6.92 Å². The SMILES string of the molecule is CCOC(=O)c1cc(-c2ccc3cnn(C)c3c2)n(-c2ccccc2Br)n1. The number of hydrogen-bond acceptors (Lipinski definition) is 4. The number of rotatable bonds is 4. The Balaban J connectivity index is 1.93. The lowest BCUT2D eigenvalue weighted by Crippen LogP contribution is -2.07. The lowest BCUT2D eigenvalue weighted by atomic mass is 10.1. The van der Waals surface area contributed by atoms with Crippen LogP contribution in [0.1, 0.15) is 17.4 Å². The maximum atomic E-state index is 12.3. The van der Waals surface area contributed by atoms with E-state index in [4.69, 9.17) is 4.74 Å². The molecule has 0 aliphatic rings. The highest BCUT2D eigenvalue weighted by Crippen LogP contribution is 2.30. The third-order valence-corrected chi connectivity index (χ3v) is 4.99. The van der Waals surface area contributed by atoms with Crippen LogP contribution in [0.15, 0.2) is 59.2 Å². The summed E-state index contributed by atoms with van der Waals surface area (Å²) >= 11 is 3.57. The van der Waals surface area contributed by atoms with Crippen LogP contribution in [0.25, 0.3) is 27.8 Å². The fourth-order valence-corrected chi connectivity index (χ4v) is 3.45. The number of para-hydroxylation sites is 1. The number of fused-ring (bicyclic) bond motifs is 1. The predicted molar refractivity (Wildman–Crippen MR) is 107 cm³/mol. The van der Waals surface area contributed by atoms with Crippen LogP contribution in [0.4, 0.5) is 0 Å². The summed E-state index contributed by atoms with van der Waals surface area (Å²) in [5.74, 6) is -0.439. The first-order valence-corrected chi connectivity index (χ1v) is 9.32. The number of esters is 1. The molecule has 0 fully saturated rings. The standard InChI is InChI=1S/C20H17BrN4O2/c1-3-27-20(26)16-11-19(25(23-16)17-7-5-4-6-15(17)21)13-8-9-14-12-22-24(2)18(14)10-13/h4-12H,3H2,1-2H3. The fourth-order valence-electron chi connectivity index (χ4n) is 3.00. The van der Waals surface area contributed by atoms with Gasteiger partial charge in [-0.2, -0.15) is 10.2 Å². The Labute approximate surface area is 164 Å². The van der Waals surface area contributed by atoms with Gasteiger partial charge in [-0.3, -0.25) is 4.68 Å². The molecule has 0 saturated heterocycles. The number of hydrogen-bond donors (Lipinski definition) is 0. The molecular weight excluding hydrogens is 408 g/mol. The summed E-state index contributed by atoms with van der Waals surface area (Å²) < 4.78 is 9.60. The topological polar surface area (TPSA) is 61.9 Å². The van der Waals surface area contributed by atoms with Crippen LogP contribution in [0, 0.1) is 0 Å². The third kappa shape index (κ3) is 3.14.